The Morgan fingerprint density at radius 3 is 2.17 bits per heavy atom. The molecule has 2 rings (SSSR count). The van der Waals surface area contributed by atoms with Gasteiger partial charge in [0.2, 0.25) is 0 Å². The van der Waals surface area contributed by atoms with Crippen LogP contribution >= 0.6 is 0 Å². The summed E-state index contributed by atoms with van der Waals surface area (Å²) in [5, 5.41) is 0. The minimum Gasteiger partial charge on any atom is -0.545 e. The molecule has 0 aromatic heterocycles. The third kappa shape index (κ3) is 3.28. The number of cyclic esters (lactones) is 1. The summed E-state index contributed by atoms with van der Waals surface area (Å²) in [6.07, 6.45) is 5.13. The van der Waals surface area contributed by atoms with E-state index in [0.717, 1.165) is 17.8 Å². The minimum absolute atomic E-state index is 0.0700. The SMILES string of the molecule is CC(C)[Si](OC1=C2C(=O)OC[C@@H]2C=C[C@H](C)C1)(C(C)C)C(C)C. The fourth-order valence-electron chi connectivity index (χ4n) is 4.41. The molecule has 0 unspecified atom stereocenters. The van der Waals surface area contributed by atoms with E-state index in [9.17, 15) is 4.79 Å². The van der Waals surface area contributed by atoms with Crippen LogP contribution in [0.3, 0.4) is 0 Å². The van der Waals surface area contributed by atoms with Gasteiger partial charge < -0.3 is 9.16 Å². The van der Waals surface area contributed by atoms with Crippen molar-refractivity contribution in [1.29, 1.82) is 0 Å². The van der Waals surface area contributed by atoms with Gasteiger partial charge in [-0.15, -0.1) is 0 Å². The molecule has 4 heteroatoms. The number of ether oxygens (including phenoxy) is 1. The standard InChI is InChI=1S/C19H32O3Si/c1-12(2)23(13(3)4,14(5)6)22-17-10-15(7)8-9-16-11-21-19(20)18(16)17/h8-9,12-16H,10-11H2,1-7H3/t15-,16-/m0/s1. The Balaban J connectivity index is 2.48. The smallest absolute Gasteiger partial charge is 0.338 e. The lowest BCUT2D eigenvalue weighted by Crippen LogP contribution is -2.47. The number of esters is 1. The van der Waals surface area contributed by atoms with E-state index in [1.54, 1.807) is 0 Å². The third-order valence-corrected chi connectivity index (χ3v) is 11.5. The molecule has 0 aromatic carbocycles. The van der Waals surface area contributed by atoms with Crippen molar-refractivity contribution in [2.75, 3.05) is 6.61 Å². The fraction of sp³-hybridized carbons (Fsp3) is 0.737. The third-order valence-electron chi connectivity index (χ3n) is 5.47. The van der Waals surface area contributed by atoms with Crippen molar-refractivity contribution in [2.24, 2.45) is 11.8 Å². The summed E-state index contributed by atoms with van der Waals surface area (Å²) in [5.74, 6) is 1.20. The van der Waals surface area contributed by atoms with Gasteiger partial charge in [0.05, 0.1) is 11.3 Å². The van der Waals surface area contributed by atoms with Crippen LogP contribution < -0.4 is 0 Å². The number of rotatable bonds is 5. The molecule has 1 heterocycles. The average molecular weight is 337 g/mol. The van der Waals surface area contributed by atoms with Gasteiger partial charge in [0, 0.05) is 12.3 Å². The molecule has 0 saturated carbocycles. The van der Waals surface area contributed by atoms with Crippen LogP contribution in [0.1, 0.15) is 54.9 Å². The second kappa shape index (κ2) is 6.84. The van der Waals surface area contributed by atoms with E-state index >= 15 is 0 Å². The van der Waals surface area contributed by atoms with Crippen LogP contribution in [0.2, 0.25) is 16.6 Å². The van der Waals surface area contributed by atoms with Gasteiger partial charge in [-0.3, -0.25) is 0 Å². The van der Waals surface area contributed by atoms with Crippen molar-refractivity contribution in [1.82, 2.24) is 0 Å². The molecular formula is C19H32O3Si. The molecule has 0 spiro atoms. The Kier molecular flexibility index (Phi) is 5.44. The molecule has 1 fully saturated rings. The molecule has 2 aliphatic rings. The highest BCUT2D eigenvalue weighted by atomic mass is 28.4. The number of carbonyl (C=O) groups is 1. The monoisotopic (exact) mass is 336 g/mol. The van der Waals surface area contributed by atoms with E-state index in [1.165, 1.54) is 0 Å². The Labute approximate surface area is 142 Å². The largest absolute Gasteiger partial charge is 0.545 e. The van der Waals surface area contributed by atoms with Crippen molar-refractivity contribution >= 4 is 14.3 Å². The predicted molar refractivity (Wildman–Crippen MR) is 96.5 cm³/mol. The van der Waals surface area contributed by atoms with Crippen molar-refractivity contribution in [3.05, 3.63) is 23.5 Å². The minimum atomic E-state index is -2.05. The maximum Gasteiger partial charge on any atom is 0.338 e. The van der Waals surface area contributed by atoms with Crippen LogP contribution in [0.25, 0.3) is 0 Å². The van der Waals surface area contributed by atoms with E-state index in [4.69, 9.17) is 9.16 Å². The Morgan fingerprint density at radius 2 is 1.65 bits per heavy atom. The van der Waals surface area contributed by atoms with E-state index in [2.05, 4.69) is 60.6 Å². The summed E-state index contributed by atoms with van der Waals surface area (Å²) in [6.45, 7) is 16.3. The quantitative estimate of drug-likeness (QED) is 0.393. The van der Waals surface area contributed by atoms with E-state index in [0.29, 0.717) is 29.1 Å². The lowest BCUT2D eigenvalue weighted by Gasteiger charge is -2.43. The zero-order valence-electron chi connectivity index (χ0n) is 15.7. The molecule has 23 heavy (non-hydrogen) atoms. The molecule has 1 aliphatic carbocycles. The Morgan fingerprint density at radius 1 is 1.09 bits per heavy atom. The molecule has 2 atom stereocenters. The number of allylic oxidation sites excluding steroid dienone is 2. The molecule has 1 saturated heterocycles. The summed E-state index contributed by atoms with van der Waals surface area (Å²) >= 11 is 0. The highest BCUT2D eigenvalue weighted by molar-refractivity contribution is 6.77. The van der Waals surface area contributed by atoms with Gasteiger partial charge in [0.25, 0.3) is 8.32 Å². The lowest BCUT2D eigenvalue weighted by molar-refractivity contribution is -0.135. The van der Waals surface area contributed by atoms with Crippen molar-refractivity contribution < 1.29 is 14.0 Å². The van der Waals surface area contributed by atoms with Crippen LogP contribution in [0, 0.1) is 11.8 Å². The molecule has 3 nitrogen and oxygen atoms in total. The first kappa shape index (κ1) is 18.3. The van der Waals surface area contributed by atoms with Crippen LogP contribution in [0.15, 0.2) is 23.5 Å². The van der Waals surface area contributed by atoms with Gasteiger partial charge in [-0.1, -0.05) is 60.6 Å². The molecule has 0 aromatic rings. The second-order valence-electron chi connectivity index (χ2n) is 8.03. The van der Waals surface area contributed by atoms with Crippen LogP contribution in [-0.4, -0.2) is 20.9 Å². The second-order valence-corrected chi connectivity index (χ2v) is 13.4. The molecule has 0 amide bonds. The average Bonchev–Trinajstić information content (AvgIpc) is 2.72. The number of hydrogen-bond acceptors (Lipinski definition) is 3. The zero-order valence-corrected chi connectivity index (χ0v) is 16.7. The molecular weight excluding hydrogens is 304 g/mol. The summed E-state index contributed by atoms with van der Waals surface area (Å²) in [7, 11) is -2.05. The van der Waals surface area contributed by atoms with E-state index in [1.807, 2.05) is 0 Å². The molecule has 0 bridgehead atoms. The van der Waals surface area contributed by atoms with Gasteiger partial charge in [-0.2, -0.15) is 0 Å². The fourth-order valence-corrected chi connectivity index (χ4v) is 9.74. The van der Waals surface area contributed by atoms with Crippen LogP contribution in [-0.2, 0) is 14.0 Å². The molecule has 1 aliphatic heterocycles. The normalized spacial score (nSPS) is 25.2. The van der Waals surface area contributed by atoms with Crippen molar-refractivity contribution in [2.45, 2.75) is 71.5 Å². The first-order valence-electron chi connectivity index (χ1n) is 8.97. The highest BCUT2D eigenvalue weighted by Gasteiger charge is 2.48. The summed E-state index contributed by atoms with van der Waals surface area (Å²) in [4.78, 5) is 12.3. The van der Waals surface area contributed by atoms with Crippen LogP contribution in [0.4, 0.5) is 0 Å². The van der Waals surface area contributed by atoms with Gasteiger partial charge in [0.15, 0.2) is 0 Å². The van der Waals surface area contributed by atoms with E-state index < -0.39 is 8.32 Å². The first-order valence-corrected chi connectivity index (χ1v) is 11.1. The zero-order chi connectivity index (χ0) is 17.4. The maximum absolute atomic E-state index is 12.3. The van der Waals surface area contributed by atoms with Gasteiger partial charge in [-0.25, -0.2) is 4.79 Å². The highest BCUT2D eigenvalue weighted by Crippen LogP contribution is 2.46. The van der Waals surface area contributed by atoms with Gasteiger partial charge >= 0.3 is 5.97 Å². The Hall–Kier alpha value is -1.03. The molecule has 130 valence electrons. The van der Waals surface area contributed by atoms with Crippen molar-refractivity contribution in [3.63, 3.8) is 0 Å². The number of carbonyl (C=O) groups excluding carboxylic acids is 1. The molecule has 0 N–H and O–H groups in total. The summed E-state index contributed by atoms with van der Waals surface area (Å²) in [5.41, 5.74) is 2.28. The predicted octanol–water partition coefficient (Wildman–Crippen LogP) is 5.20. The Bertz CT molecular complexity index is 495. The van der Waals surface area contributed by atoms with E-state index in [-0.39, 0.29) is 11.9 Å². The van der Waals surface area contributed by atoms with Gasteiger partial charge in [-0.05, 0) is 22.5 Å². The first-order chi connectivity index (χ1) is 10.7. The maximum atomic E-state index is 12.3. The topological polar surface area (TPSA) is 35.5 Å². The molecule has 0 radical (unpaired) electrons. The number of fused-ring (bicyclic) bond motifs is 1. The van der Waals surface area contributed by atoms with Crippen molar-refractivity contribution in [3.8, 4) is 0 Å². The summed E-state index contributed by atoms with van der Waals surface area (Å²) in [6, 6.07) is 0. The van der Waals surface area contributed by atoms with Gasteiger partial charge in [0.1, 0.15) is 6.61 Å². The number of hydrogen-bond donors (Lipinski definition) is 0. The lowest BCUT2D eigenvalue weighted by atomic mass is 10.0. The van der Waals surface area contributed by atoms with Crippen LogP contribution in [0.5, 0.6) is 0 Å². The summed E-state index contributed by atoms with van der Waals surface area (Å²) < 4.78 is 12.2.